The topological polar surface area (TPSA) is 52.5 Å². The summed E-state index contributed by atoms with van der Waals surface area (Å²) >= 11 is 7.60. The standard InChI is InChI=1S/C12H6ClN3S/c13-8-3-4-17-11(8)12-15-9-2-1-7(6-14)5-10(9)16-12/h1-5H,(H,15,16). The Balaban J connectivity index is 2.21. The highest BCUT2D eigenvalue weighted by Crippen LogP contribution is 2.32. The van der Waals surface area contributed by atoms with Gasteiger partial charge in [0.1, 0.15) is 5.82 Å². The first kappa shape index (κ1) is 10.3. The highest BCUT2D eigenvalue weighted by Gasteiger charge is 2.10. The van der Waals surface area contributed by atoms with Gasteiger partial charge in [-0.15, -0.1) is 11.3 Å². The molecule has 1 aromatic carbocycles. The molecule has 3 aromatic rings. The molecule has 0 bridgehead atoms. The van der Waals surface area contributed by atoms with E-state index in [1.807, 2.05) is 17.5 Å². The normalized spacial score (nSPS) is 10.6. The third-order valence-corrected chi connectivity index (χ3v) is 3.79. The van der Waals surface area contributed by atoms with Crippen molar-refractivity contribution < 1.29 is 0 Å². The van der Waals surface area contributed by atoms with Gasteiger partial charge in [0, 0.05) is 0 Å². The molecule has 0 fully saturated rings. The molecule has 0 unspecified atom stereocenters. The Labute approximate surface area is 106 Å². The van der Waals surface area contributed by atoms with Crippen LogP contribution in [0.2, 0.25) is 5.02 Å². The molecule has 0 aliphatic heterocycles. The summed E-state index contributed by atoms with van der Waals surface area (Å²) in [5, 5.41) is 11.4. The van der Waals surface area contributed by atoms with E-state index in [2.05, 4.69) is 16.0 Å². The summed E-state index contributed by atoms with van der Waals surface area (Å²) in [6.07, 6.45) is 0. The van der Waals surface area contributed by atoms with E-state index in [1.54, 1.807) is 12.1 Å². The number of rotatable bonds is 1. The molecule has 3 rings (SSSR count). The van der Waals surface area contributed by atoms with Crippen LogP contribution in [0.3, 0.4) is 0 Å². The van der Waals surface area contributed by atoms with Gasteiger partial charge in [-0.05, 0) is 29.6 Å². The van der Waals surface area contributed by atoms with Gasteiger partial charge in [-0.2, -0.15) is 5.26 Å². The predicted molar refractivity (Wildman–Crippen MR) is 69.1 cm³/mol. The van der Waals surface area contributed by atoms with Crippen molar-refractivity contribution in [1.29, 1.82) is 5.26 Å². The Bertz CT molecular complexity index is 736. The van der Waals surface area contributed by atoms with Gasteiger partial charge in [-0.1, -0.05) is 11.6 Å². The number of aromatic nitrogens is 2. The number of hydrogen-bond donors (Lipinski definition) is 1. The lowest BCUT2D eigenvalue weighted by molar-refractivity contribution is 1.36. The smallest absolute Gasteiger partial charge is 0.150 e. The summed E-state index contributed by atoms with van der Waals surface area (Å²) < 4.78 is 0. The van der Waals surface area contributed by atoms with Crippen LogP contribution in [0.15, 0.2) is 29.6 Å². The van der Waals surface area contributed by atoms with Gasteiger partial charge in [-0.25, -0.2) is 4.98 Å². The van der Waals surface area contributed by atoms with Crippen LogP contribution in [0.4, 0.5) is 0 Å². The lowest BCUT2D eigenvalue weighted by Crippen LogP contribution is -1.74. The molecule has 2 heterocycles. The number of fused-ring (bicyclic) bond motifs is 1. The maximum Gasteiger partial charge on any atom is 0.150 e. The fraction of sp³-hybridized carbons (Fsp3) is 0. The molecular weight excluding hydrogens is 254 g/mol. The first-order valence-electron chi connectivity index (χ1n) is 4.91. The molecule has 17 heavy (non-hydrogen) atoms. The second kappa shape index (κ2) is 3.88. The van der Waals surface area contributed by atoms with Gasteiger partial charge in [-0.3, -0.25) is 0 Å². The first-order chi connectivity index (χ1) is 8.28. The summed E-state index contributed by atoms with van der Waals surface area (Å²) in [6, 6.07) is 9.31. The average Bonchev–Trinajstić information content (AvgIpc) is 2.93. The van der Waals surface area contributed by atoms with Crippen LogP contribution >= 0.6 is 22.9 Å². The molecule has 0 saturated carbocycles. The minimum absolute atomic E-state index is 0.616. The van der Waals surface area contributed by atoms with Crippen molar-refractivity contribution in [3.05, 3.63) is 40.2 Å². The van der Waals surface area contributed by atoms with Crippen molar-refractivity contribution in [2.75, 3.05) is 0 Å². The lowest BCUT2D eigenvalue weighted by atomic mass is 10.2. The van der Waals surface area contributed by atoms with Crippen molar-refractivity contribution >= 4 is 34.0 Å². The number of halogens is 1. The molecule has 0 radical (unpaired) electrons. The monoisotopic (exact) mass is 259 g/mol. The van der Waals surface area contributed by atoms with Gasteiger partial charge in [0.25, 0.3) is 0 Å². The van der Waals surface area contributed by atoms with Crippen molar-refractivity contribution in [3.8, 4) is 16.8 Å². The second-order valence-electron chi connectivity index (χ2n) is 3.53. The lowest BCUT2D eigenvalue weighted by Gasteiger charge is -1.90. The van der Waals surface area contributed by atoms with Crippen molar-refractivity contribution in [2.24, 2.45) is 0 Å². The Morgan fingerprint density at radius 1 is 1.35 bits per heavy atom. The number of H-pyrrole nitrogens is 1. The van der Waals surface area contributed by atoms with Gasteiger partial charge < -0.3 is 4.98 Å². The zero-order valence-electron chi connectivity index (χ0n) is 8.57. The Hall–Kier alpha value is -1.83. The van der Waals surface area contributed by atoms with Crippen LogP contribution < -0.4 is 0 Å². The number of nitrogens with zero attached hydrogens (tertiary/aromatic N) is 2. The van der Waals surface area contributed by atoms with E-state index in [-0.39, 0.29) is 0 Å². The zero-order valence-corrected chi connectivity index (χ0v) is 10.1. The quantitative estimate of drug-likeness (QED) is 0.722. The summed E-state index contributed by atoms with van der Waals surface area (Å²) in [5.74, 6) is 0.745. The van der Waals surface area contributed by atoms with E-state index in [4.69, 9.17) is 16.9 Å². The van der Waals surface area contributed by atoms with Crippen LogP contribution in [-0.2, 0) is 0 Å². The number of imidazole rings is 1. The molecule has 1 N–H and O–H groups in total. The SMILES string of the molecule is N#Cc1ccc2nc(-c3sccc3Cl)[nH]c2c1. The van der Waals surface area contributed by atoms with Crippen molar-refractivity contribution in [3.63, 3.8) is 0 Å². The second-order valence-corrected chi connectivity index (χ2v) is 4.85. The molecule has 0 amide bonds. The van der Waals surface area contributed by atoms with E-state index in [9.17, 15) is 0 Å². The van der Waals surface area contributed by atoms with Gasteiger partial charge in [0.2, 0.25) is 0 Å². The number of hydrogen-bond acceptors (Lipinski definition) is 3. The third kappa shape index (κ3) is 1.70. The van der Waals surface area contributed by atoms with Crippen LogP contribution in [0, 0.1) is 11.3 Å². The van der Waals surface area contributed by atoms with E-state index < -0.39 is 0 Å². The van der Waals surface area contributed by atoms with E-state index in [0.717, 1.165) is 21.7 Å². The predicted octanol–water partition coefficient (Wildman–Crippen LogP) is 3.82. The van der Waals surface area contributed by atoms with E-state index in [1.165, 1.54) is 11.3 Å². The van der Waals surface area contributed by atoms with E-state index >= 15 is 0 Å². The number of thiophene rings is 1. The highest BCUT2D eigenvalue weighted by atomic mass is 35.5. The third-order valence-electron chi connectivity index (χ3n) is 2.44. The van der Waals surface area contributed by atoms with Gasteiger partial charge >= 0.3 is 0 Å². The first-order valence-corrected chi connectivity index (χ1v) is 6.17. The molecule has 3 nitrogen and oxygen atoms in total. The Kier molecular flexibility index (Phi) is 2.36. The van der Waals surface area contributed by atoms with Crippen LogP contribution in [-0.4, -0.2) is 9.97 Å². The maximum atomic E-state index is 8.83. The molecule has 2 aromatic heterocycles. The number of nitrogens with one attached hydrogen (secondary N) is 1. The van der Waals surface area contributed by atoms with Crippen molar-refractivity contribution in [2.45, 2.75) is 0 Å². The highest BCUT2D eigenvalue weighted by molar-refractivity contribution is 7.14. The Morgan fingerprint density at radius 3 is 2.94 bits per heavy atom. The summed E-state index contributed by atoms with van der Waals surface area (Å²) in [5.41, 5.74) is 2.30. The molecule has 0 spiro atoms. The van der Waals surface area contributed by atoms with Crippen LogP contribution in [0.1, 0.15) is 5.56 Å². The summed E-state index contributed by atoms with van der Waals surface area (Å²) in [7, 11) is 0. The van der Waals surface area contributed by atoms with Crippen LogP contribution in [0.25, 0.3) is 21.7 Å². The zero-order chi connectivity index (χ0) is 11.8. The molecule has 0 atom stereocenters. The molecule has 5 heteroatoms. The minimum atomic E-state index is 0.616. The molecule has 0 aliphatic rings. The van der Waals surface area contributed by atoms with Gasteiger partial charge in [0.15, 0.2) is 0 Å². The molecule has 82 valence electrons. The maximum absolute atomic E-state index is 8.83. The van der Waals surface area contributed by atoms with Crippen molar-refractivity contribution in [1.82, 2.24) is 9.97 Å². The largest absolute Gasteiger partial charge is 0.337 e. The minimum Gasteiger partial charge on any atom is -0.337 e. The van der Waals surface area contributed by atoms with E-state index in [0.29, 0.717) is 10.6 Å². The summed E-state index contributed by atoms with van der Waals surface area (Å²) in [4.78, 5) is 8.55. The number of aromatic amines is 1. The Morgan fingerprint density at radius 2 is 2.24 bits per heavy atom. The molecule has 0 saturated heterocycles. The fourth-order valence-corrected chi connectivity index (χ4v) is 2.74. The molecule has 0 aliphatic carbocycles. The average molecular weight is 260 g/mol. The van der Waals surface area contributed by atoms with Crippen LogP contribution in [0.5, 0.6) is 0 Å². The summed E-state index contributed by atoms with van der Waals surface area (Å²) in [6.45, 7) is 0. The van der Waals surface area contributed by atoms with Gasteiger partial charge in [0.05, 0.1) is 32.6 Å². The number of nitriles is 1. The fourth-order valence-electron chi connectivity index (χ4n) is 1.65. The molecular formula is C12H6ClN3S. The number of benzene rings is 1.